The van der Waals surface area contributed by atoms with Gasteiger partial charge in [-0.3, -0.25) is 0 Å². The molecule has 1 aromatic rings. The zero-order chi connectivity index (χ0) is 14.9. The van der Waals surface area contributed by atoms with Gasteiger partial charge in [0.2, 0.25) is 0 Å². The Hall–Kier alpha value is -0.930. The Balaban J connectivity index is 1.82. The van der Waals surface area contributed by atoms with Crippen LogP contribution in [0, 0.1) is 18.7 Å². The minimum atomic E-state index is -0.132. The van der Waals surface area contributed by atoms with Crippen molar-refractivity contribution in [2.75, 3.05) is 13.7 Å². The molecule has 2 aliphatic rings. The van der Waals surface area contributed by atoms with Crippen LogP contribution in [0.4, 0.5) is 4.39 Å². The first-order valence-electron chi connectivity index (χ1n) is 8.20. The van der Waals surface area contributed by atoms with Crippen LogP contribution in [0.2, 0.25) is 0 Å². The molecule has 116 valence electrons. The standard InChI is InChI=1S/C18H26FNO/c1-13-9-15(11-16(19)10-13)17(20-2)14-5-8-21-18(12-14)6-3-4-7-18/h9-11,14,17,20H,3-8,12H2,1-2H3. The molecule has 1 heterocycles. The fraction of sp³-hybridized carbons (Fsp3) is 0.667. The maximum atomic E-state index is 13.7. The van der Waals surface area contributed by atoms with Gasteiger partial charge >= 0.3 is 0 Å². The normalized spacial score (nSPS) is 26.1. The molecule has 3 heteroatoms. The van der Waals surface area contributed by atoms with Crippen molar-refractivity contribution in [1.29, 1.82) is 0 Å². The van der Waals surface area contributed by atoms with Gasteiger partial charge in [0.25, 0.3) is 0 Å². The second-order valence-electron chi connectivity index (χ2n) is 6.82. The molecule has 1 N–H and O–H groups in total. The lowest BCUT2D eigenvalue weighted by Gasteiger charge is -2.41. The van der Waals surface area contributed by atoms with Crippen LogP contribution in [0.3, 0.4) is 0 Å². The van der Waals surface area contributed by atoms with E-state index in [-0.39, 0.29) is 17.5 Å². The topological polar surface area (TPSA) is 21.3 Å². The molecule has 3 rings (SSSR count). The molecule has 1 spiro atoms. The van der Waals surface area contributed by atoms with Crippen LogP contribution in [0.25, 0.3) is 0 Å². The average Bonchev–Trinajstić information content (AvgIpc) is 2.86. The second-order valence-corrected chi connectivity index (χ2v) is 6.82. The van der Waals surface area contributed by atoms with E-state index in [1.54, 1.807) is 12.1 Å². The lowest BCUT2D eigenvalue weighted by Crippen LogP contribution is -2.41. The summed E-state index contributed by atoms with van der Waals surface area (Å²) in [7, 11) is 1.99. The predicted octanol–water partition coefficient (Wildman–Crippen LogP) is 4.13. The van der Waals surface area contributed by atoms with Gasteiger partial charge in [0.15, 0.2) is 0 Å². The van der Waals surface area contributed by atoms with Gasteiger partial charge < -0.3 is 10.1 Å². The van der Waals surface area contributed by atoms with Crippen LogP contribution in [-0.2, 0) is 4.74 Å². The molecule has 2 atom stereocenters. The first kappa shape index (κ1) is 15.0. The number of hydrogen-bond acceptors (Lipinski definition) is 2. The van der Waals surface area contributed by atoms with Crippen LogP contribution in [-0.4, -0.2) is 19.3 Å². The molecule has 1 saturated carbocycles. The lowest BCUT2D eigenvalue weighted by atomic mass is 9.78. The van der Waals surface area contributed by atoms with Crippen molar-refractivity contribution in [2.45, 2.75) is 57.1 Å². The Kier molecular flexibility index (Phi) is 4.32. The monoisotopic (exact) mass is 291 g/mol. The molecule has 1 aromatic carbocycles. The molecule has 2 fully saturated rings. The Bertz CT molecular complexity index is 476. The van der Waals surface area contributed by atoms with Crippen molar-refractivity contribution in [3.8, 4) is 0 Å². The van der Waals surface area contributed by atoms with E-state index < -0.39 is 0 Å². The minimum Gasteiger partial charge on any atom is -0.375 e. The van der Waals surface area contributed by atoms with Crippen molar-refractivity contribution in [3.63, 3.8) is 0 Å². The number of ether oxygens (including phenoxy) is 1. The van der Waals surface area contributed by atoms with Gasteiger partial charge in [-0.1, -0.05) is 18.9 Å². The van der Waals surface area contributed by atoms with Gasteiger partial charge in [0, 0.05) is 12.6 Å². The highest BCUT2D eigenvalue weighted by Crippen LogP contribution is 2.45. The Morgan fingerprint density at radius 3 is 2.71 bits per heavy atom. The van der Waals surface area contributed by atoms with Gasteiger partial charge in [-0.05, 0) is 68.8 Å². The molecular formula is C18H26FNO. The summed E-state index contributed by atoms with van der Waals surface area (Å²) < 4.78 is 19.9. The van der Waals surface area contributed by atoms with Crippen molar-refractivity contribution < 1.29 is 9.13 Å². The van der Waals surface area contributed by atoms with Crippen molar-refractivity contribution in [3.05, 3.63) is 35.1 Å². The smallest absolute Gasteiger partial charge is 0.123 e. The summed E-state index contributed by atoms with van der Waals surface area (Å²) in [5.41, 5.74) is 2.18. The van der Waals surface area contributed by atoms with Gasteiger partial charge in [-0.2, -0.15) is 0 Å². The first-order valence-corrected chi connectivity index (χ1v) is 8.20. The Labute approximate surface area is 127 Å². The predicted molar refractivity (Wildman–Crippen MR) is 82.8 cm³/mol. The van der Waals surface area contributed by atoms with Crippen molar-refractivity contribution in [1.82, 2.24) is 5.32 Å². The summed E-state index contributed by atoms with van der Waals surface area (Å²) in [6.07, 6.45) is 7.13. The maximum absolute atomic E-state index is 13.7. The summed E-state index contributed by atoms with van der Waals surface area (Å²) in [5.74, 6) is 0.399. The highest BCUT2D eigenvalue weighted by Gasteiger charge is 2.42. The SMILES string of the molecule is CNC(c1cc(C)cc(F)c1)C1CCOC2(CCCC2)C1. The molecule has 2 unspecified atom stereocenters. The number of halogens is 1. The third-order valence-corrected chi connectivity index (χ3v) is 5.25. The van der Waals surface area contributed by atoms with E-state index in [9.17, 15) is 4.39 Å². The van der Waals surface area contributed by atoms with Gasteiger partial charge in [-0.25, -0.2) is 4.39 Å². The van der Waals surface area contributed by atoms with Crippen LogP contribution in [0.5, 0.6) is 0 Å². The molecule has 0 bridgehead atoms. The van der Waals surface area contributed by atoms with Crippen molar-refractivity contribution >= 4 is 0 Å². The third-order valence-electron chi connectivity index (χ3n) is 5.25. The van der Waals surface area contributed by atoms with E-state index in [2.05, 4.69) is 11.4 Å². The molecule has 1 aliphatic carbocycles. The number of nitrogens with one attached hydrogen (secondary N) is 1. The van der Waals surface area contributed by atoms with Crippen LogP contribution in [0.1, 0.15) is 55.7 Å². The zero-order valence-electron chi connectivity index (χ0n) is 13.1. The number of rotatable bonds is 3. The highest BCUT2D eigenvalue weighted by atomic mass is 19.1. The summed E-state index contributed by atoms with van der Waals surface area (Å²) >= 11 is 0. The molecule has 0 aromatic heterocycles. The van der Waals surface area contributed by atoms with Crippen LogP contribution >= 0.6 is 0 Å². The van der Waals surface area contributed by atoms with Gasteiger partial charge in [0.05, 0.1) is 5.60 Å². The highest BCUT2D eigenvalue weighted by molar-refractivity contribution is 5.27. The Morgan fingerprint density at radius 1 is 1.29 bits per heavy atom. The number of benzene rings is 1. The first-order chi connectivity index (χ1) is 10.1. The Morgan fingerprint density at radius 2 is 2.05 bits per heavy atom. The molecule has 0 amide bonds. The zero-order valence-corrected chi connectivity index (χ0v) is 13.1. The fourth-order valence-corrected chi connectivity index (χ4v) is 4.34. The van der Waals surface area contributed by atoms with Crippen LogP contribution < -0.4 is 5.32 Å². The average molecular weight is 291 g/mol. The van der Waals surface area contributed by atoms with Crippen LogP contribution in [0.15, 0.2) is 18.2 Å². The quantitative estimate of drug-likeness (QED) is 0.904. The molecular weight excluding hydrogens is 265 g/mol. The number of aryl methyl sites for hydroxylation is 1. The lowest BCUT2D eigenvalue weighted by molar-refractivity contribution is -0.0979. The fourth-order valence-electron chi connectivity index (χ4n) is 4.34. The summed E-state index contributed by atoms with van der Waals surface area (Å²) in [4.78, 5) is 0. The van der Waals surface area contributed by atoms with Crippen molar-refractivity contribution in [2.24, 2.45) is 5.92 Å². The minimum absolute atomic E-state index is 0.111. The number of hydrogen-bond donors (Lipinski definition) is 1. The van der Waals surface area contributed by atoms with E-state index in [1.165, 1.54) is 25.7 Å². The summed E-state index contributed by atoms with van der Waals surface area (Å²) in [5, 5.41) is 3.43. The van der Waals surface area contributed by atoms with E-state index in [4.69, 9.17) is 4.74 Å². The largest absolute Gasteiger partial charge is 0.375 e. The molecule has 0 radical (unpaired) electrons. The second kappa shape index (κ2) is 6.05. The molecule has 2 nitrogen and oxygen atoms in total. The van der Waals surface area contributed by atoms with Gasteiger partial charge in [-0.15, -0.1) is 0 Å². The van der Waals surface area contributed by atoms with E-state index >= 15 is 0 Å². The van der Waals surface area contributed by atoms with Gasteiger partial charge in [0.1, 0.15) is 5.82 Å². The van der Waals surface area contributed by atoms with E-state index in [0.29, 0.717) is 5.92 Å². The molecule has 21 heavy (non-hydrogen) atoms. The maximum Gasteiger partial charge on any atom is 0.123 e. The molecule has 1 saturated heterocycles. The molecule has 1 aliphatic heterocycles. The van der Waals surface area contributed by atoms with E-state index in [1.807, 2.05) is 14.0 Å². The summed E-state index contributed by atoms with van der Waals surface area (Å²) in [6, 6.07) is 5.62. The van der Waals surface area contributed by atoms with E-state index in [0.717, 1.165) is 30.6 Å². The summed E-state index contributed by atoms with van der Waals surface area (Å²) in [6.45, 7) is 2.80. The third kappa shape index (κ3) is 3.14.